The number of halogens is 4. The Hall–Kier alpha value is -1.66. The summed E-state index contributed by atoms with van der Waals surface area (Å²) in [5, 5.41) is 2.20. The third-order valence-electron chi connectivity index (χ3n) is 2.20. The Morgan fingerprint density at radius 2 is 2.06 bits per heavy atom. The molecule has 3 N–H and O–H groups in total. The summed E-state index contributed by atoms with van der Waals surface area (Å²) in [7, 11) is 0. The normalized spacial score (nSPS) is 11.7. The Kier molecular flexibility index (Phi) is 4.63. The number of anilines is 2. The highest BCUT2D eigenvalue weighted by molar-refractivity contribution is 5.72. The van der Waals surface area contributed by atoms with Crippen molar-refractivity contribution in [2.24, 2.45) is 0 Å². The Bertz CT molecular complexity index is 399. The van der Waals surface area contributed by atoms with E-state index in [4.69, 9.17) is 10.5 Å². The molecule has 0 radical (unpaired) electrons. The number of rotatable bonds is 6. The SMILES string of the molecule is CCOc1cccc(NCC(F)(F)C(F)F)c1N. The molecule has 0 bridgehead atoms. The van der Waals surface area contributed by atoms with E-state index in [0.717, 1.165) is 0 Å². The molecule has 0 aliphatic carbocycles. The fourth-order valence-electron chi connectivity index (χ4n) is 1.27. The second-order valence-corrected chi connectivity index (χ2v) is 3.57. The molecular weight excluding hydrogens is 252 g/mol. The molecule has 1 rings (SSSR count). The van der Waals surface area contributed by atoms with Gasteiger partial charge >= 0.3 is 12.3 Å². The lowest BCUT2D eigenvalue weighted by Gasteiger charge is -2.18. The highest BCUT2D eigenvalue weighted by Gasteiger charge is 2.40. The number of hydrogen-bond donors (Lipinski definition) is 2. The van der Waals surface area contributed by atoms with Crippen molar-refractivity contribution in [3.63, 3.8) is 0 Å². The minimum atomic E-state index is -4.10. The first kappa shape index (κ1) is 14.4. The molecule has 0 unspecified atom stereocenters. The van der Waals surface area contributed by atoms with Crippen LogP contribution in [0.15, 0.2) is 18.2 Å². The predicted octanol–water partition coefficient (Wildman–Crippen LogP) is 2.98. The third kappa shape index (κ3) is 3.41. The van der Waals surface area contributed by atoms with Crippen LogP contribution in [0.1, 0.15) is 6.92 Å². The minimum Gasteiger partial charge on any atom is -0.492 e. The van der Waals surface area contributed by atoms with E-state index in [-0.39, 0.29) is 11.4 Å². The molecule has 0 aliphatic heterocycles. The monoisotopic (exact) mass is 266 g/mol. The van der Waals surface area contributed by atoms with E-state index in [1.54, 1.807) is 13.0 Å². The number of benzene rings is 1. The molecule has 0 amide bonds. The van der Waals surface area contributed by atoms with E-state index in [0.29, 0.717) is 12.4 Å². The molecule has 0 saturated carbocycles. The van der Waals surface area contributed by atoms with Gasteiger partial charge in [0.2, 0.25) is 0 Å². The molecule has 0 aromatic heterocycles. The van der Waals surface area contributed by atoms with Crippen molar-refractivity contribution in [1.29, 1.82) is 0 Å². The summed E-state index contributed by atoms with van der Waals surface area (Å²) < 4.78 is 54.6. The Labute approximate surface area is 102 Å². The molecule has 3 nitrogen and oxygen atoms in total. The molecule has 0 aliphatic rings. The highest BCUT2D eigenvalue weighted by Crippen LogP contribution is 2.31. The quantitative estimate of drug-likeness (QED) is 0.614. The molecular formula is C11H14F4N2O. The molecule has 1 aromatic carbocycles. The first-order valence-corrected chi connectivity index (χ1v) is 5.29. The molecule has 0 atom stereocenters. The number of nitrogen functional groups attached to an aromatic ring is 1. The summed E-state index contributed by atoms with van der Waals surface area (Å²) in [4.78, 5) is 0. The van der Waals surface area contributed by atoms with Gasteiger partial charge in [0.05, 0.1) is 24.5 Å². The smallest absolute Gasteiger partial charge is 0.324 e. The van der Waals surface area contributed by atoms with Gasteiger partial charge in [0.15, 0.2) is 0 Å². The number of alkyl halides is 4. The van der Waals surface area contributed by atoms with Crippen LogP contribution in [0.4, 0.5) is 28.9 Å². The molecule has 0 fully saturated rings. The van der Waals surface area contributed by atoms with E-state index in [1.165, 1.54) is 12.1 Å². The maximum atomic E-state index is 12.7. The van der Waals surface area contributed by atoms with Gasteiger partial charge in [0, 0.05) is 0 Å². The molecule has 1 aromatic rings. The third-order valence-corrected chi connectivity index (χ3v) is 2.20. The minimum absolute atomic E-state index is 0.115. The van der Waals surface area contributed by atoms with Crippen molar-refractivity contribution in [3.8, 4) is 5.75 Å². The lowest BCUT2D eigenvalue weighted by molar-refractivity contribution is -0.117. The fourth-order valence-corrected chi connectivity index (χ4v) is 1.27. The lowest BCUT2D eigenvalue weighted by atomic mass is 10.2. The van der Waals surface area contributed by atoms with Crippen LogP contribution >= 0.6 is 0 Å². The zero-order chi connectivity index (χ0) is 13.8. The summed E-state index contributed by atoms with van der Waals surface area (Å²) in [6, 6.07) is 4.51. The summed E-state index contributed by atoms with van der Waals surface area (Å²) in [5.74, 6) is -3.78. The number of nitrogens with one attached hydrogen (secondary N) is 1. The lowest BCUT2D eigenvalue weighted by Crippen LogP contribution is -2.35. The highest BCUT2D eigenvalue weighted by atomic mass is 19.3. The van der Waals surface area contributed by atoms with E-state index in [9.17, 15) is 17.6 Å². The van der Waals surface area contributed by atoms with Gasteiger partial charge in [-0.1, -0.05) is 6.07 Å². The second kappa shape index (κ2) is 5.79. The van der Waals surface area contributed by atoms with Crippen molar-refractivity contribution in [1.82, 2.24) is 0 Å². The average Bonchev–Trinajstić information content (AvgIpc) is 2.30. The molecule has 7 heteroatoms. The van der Waals surface area contributed by atoms with Crippen LogP contribution in [-0.2, 0) is 0 Å². The van der Waals surface area contributed by atoms with E-state index < -0.39 is 18.9 Å². The summed E-state index contributed by atoms with van der Waals surface area (Å²) in [6.07, 6.45) is -3.72. The van der Waals surface area contributed by atoms with Crippen molar-refractivity contribution in [2.45, 2.75) is 19.3 Å². The van der Waals surface area contributed by atoms with Crippen LogP contribution in [0, 0.1) is 0 Å². The first-order chi connectivity index (χ1) is 8.38. The van der Waals surface area contributed by atoms with E-state index in [1.807, 2.05) is 0 Å². The van der Waals surface area contributed by atoms with Gasteiger partial charge in [0.25, 0.3) is 0 Å². The van der Waals surface area contributed by atoms with Crippen LogP contribution in [0.3, 0.4) is 0 Å². The largest absolute Gasteiger partial charge is 0.492 e. The van der Waals surface area contributed by atoms with Gasteiger partial charge in [0.1, 0.15) is 5.75 Å². The van der Waals surface area contributed by atoms with Gasteiger partial charge in [-0.15, -0.1) is 0 Å². The Morgan fingerprint density at radius 3 is 2.61 bits per heavy atom. The van der Waals surface area contributed by atoms with Crippen molar-refractivity contribution in [2.75, 3.05) is 24.2 Å². The predicted molar refractivity (Wildman–Crippen MR) is 61.5 cm³/mol. The summed E-state index contributed by atoms with van der Waals surface area (Å²) in [6.45, 7) is 0.912. The van der Waals surface area contributed by atoms with Crippen LogP contribution < -0.4 is 15.8 Å². The maximum absolute atomic E-state index is 12.7. The molecule has 0 saturated heterocycles. The topological polar surface area (TPSA) is 47.3 Å². The van der Waals surface area contributed by atoms with Crippen molar-refractivity contribution >= 4 is 11.4 Å². The zero-order valence-corrected chi connectivity index (χ0v) is 9.72. The van der Waals surface area contributed by atoms with Gasteiger partial charge in [-0.3, -0.25) is 0 Å². The van der Waals surface area contributed by atoms with Crippen molar-refractivity contribution in [3.05, 3.63) is 18.2 Å². The van der Waals surface area contributed by atoms with Gasteiger partial charge in [-0.05, 0) is 19.1 Å². The van der Waals surface area contributed by atoms with Crippen LogP contribution in [0.5, 0.6) is 5.75 Å². The van der Waals surface area contributed by atoms with Gasteiger partial charge in [-0.25, -0.2) is 8.78 Å². The van der Waals surface area contributed by atoms with Crippen LogP contribution in [0.2, 0.25) is 0 Å². The molecule has 18 heavy (non-hydrogen) atoms. The molecule has 102 valence electrons. The summed E-state index contributed by atoms with van der Waals surface area (Å²) in [5.41, 5.74) is 5.91. The number of hydrogen-bond acceptors (Lipinski definition) is 3. The van der Waals surface area contributed by atoms with Gasteiger partial charge in [-0.2, -0.15) is 8.78 Å². The number of para-hydroxylation sites is 1. The van der Waals surface area contributed by atoms with E-state index in [2.05, 4.69) is 5.32 Å². The Balaban J connectivity index is 2.77. The molecule has 0 spiro atoms. The number of nitrogens with two attached hydrogens (primary N) is 1. The van der Waals surface area contributed by atoms with Gasteiger partial charge < -0.3 is 15.8 Å². The average molecular weight is 266 g/mol. The first-order valence-electron chi connectivity index (χ1n) is 5.29. The van der Waals surface area contributed by atoms with Crippen LogP contribution in [-0.4, -0.2) is 25.5 Å². The Morgan fingerprint density at radius 1 is 1.39 bits per heavy atom. The maximum Gasteiger partial charge on any atom is 0.324 e. The fraction of sp³-hybridized carbons (Fsp3) is 0.455. The zero-order valence-electron chi connectivity index (χ0n) is 9.72. The summed E-state index contributed by atoms with van der Waals surface area (Å²) >= 11 is 0. The van der Waals surface area contributed by atoms with Crippen LogP contribution in [0.25, 0.3) is 0 Å². The standard InChI is InChI=1S/C11H14F4N2O/c1-2-18-8-5-3-4-7(9(8)16)17-6-11(14,15)10(12)13/h3-5,10,17H,2,6,16H2,1H3. The van der Waals surface area contributed by atoms with E-state index >= 15 is 0 Å². The number of ether oxygens (including phenoxy) is 1. The molecule has 0 heterocycles. The van der Waals surface area contributed by atoms with Crippen molar-refractivity contribution < 1.29 is 22.3 Å². The second-order valence-electron chi connectivity index (χ2n) is 3.57.